The Bertz CT molecular complexity index is 701. The van der Waals surface area contributed by atoms with Crippen LogP contribution in [0.5, 0.6) is 0 Å². The maximum Gasteiger partial charge on any atom is 0.442 e. The summed E-state index contributed by atoms with van der Waals surface area (Å²) < 4.78 is 37.1. The number of benzene rings is 1. The third kappa shape index (κ3) is 6.08. The Morgan fingerprint density at radius 2 is 2.09 bits per heavy atom. The van der Waals surface area contributed by atoms with Crippen LogP contribution in [0.25, 0.3) is 0 Å². The third-order valence-corrected chi connectivity index (χ3v) is 5.42. The van der Waals surface area contributed by atoms with E-state index in [1.807, 2.05) is 18.4 Å². The second-order valence-corrected chi connectivity index (χ2v) is 7.84. The van der Waals surface area contributed by atoms with Gasteiger partial charge in [0.1, 0.15) is 0 Å². The number of hydrogen-bond acceptors (Lipinski definition) is 5. The first-order valence-corrected chi connectivity index (χ1v) is 9.12. The van der Waals surface area contributed by atoms with E-state index in [0.29, 0.717) is 5.69 Å². The molecule has 0 saturated carbocycles. The lowest BCUT2D eigenvalue weighted by atomic mass is 10.2. The maximum absolute atomic E-state index is 12.1. The van der Waals surface area contributed by atoms with E-state index in [0.717, 1.165) is 20.5 Å². The van der Waals surface area contributed by atoms with Crippen molar-refractivity contribution >= 4 is 46.5 Å². The monoisotopic (exact) mass is 378 g/mol. The van der Waals surface area contributed by atoms with Gasteiger partial charge < -0.3 is 5.32 Å². The standard InChI is InChI=1S/C14H13F3N2OS3/c1-8-5-10(23-13-18-9(2)6-21-13)3-4-11(8)19-12(20)7-22-14(15,16)17/h3-6H,7H2,1-2H3,(H,19,20). The molecule has 0 radical (unpaired) electrons. The molecule has 0 saturated heterocycles. The van der Waals surface area contributed by atoms with E-state index in [-0.39, 0.29) is 11.8 Å². The number of thiazole rings is 1. The Morgan fingerprint density at radius 1 is 1.35 bits per heavy atom. The SMILES string of the molecule is Cc1csc(Sc2ccc(NC(=O)CSC(F)(F)F)c(C)c2)n1. The number of alkyl halides is 3. The molecule has 9 heteroatoms. The molecule has 23 heavy (non-hydrogen) atoms. The molecule has 2 aromatic rings. The highest BCUT2D eigenvalue weighted by Crippen LogP contribution is 2.33. The van der Waals surface area contributed by atoms with Gasteiger partial charge in [0.15, 0.2) is 4.34 Å². The highest BCUT2D eigenvalue weighted by atomic mass is 32.2. The number of rotatable bonds is 5. The van der Waals surface area contributed by atoms with Gasteiger partial charge in [-0.25, -0.2) is 4.98 Å². The highest BCUT2D eigenvalue weighted by molar-refractivity contribution is 8.01. The van der Waals surface area contributed by atoms with Crippen molar-refractivity contribution < 1.29 is 18.0 Å². The minimum atomic E-state index is -4.40. The van der Waals surface area contributed by atoms with Gasteiger partial charge in [-0.3, -0.25) is 4.79 Å². The summed E-state index contributed by atoms with van der Waals surface area (Å²) in [7, 11) is 0. The fraction of sp³-hybridized carbons (Fsp3) is 0.286. The lowest BCUT2D eigenvalue weighted by Crippen LogP contribution is -2.17. The van der Waals surface area contributed by atoms with E-state index in [2.05, 4.69) is 10.3 Å². The van der Waals surface area contributed by atoms with Crippen LogP contribution in [0, 0.1) is 13.8 Å². The average molecular weight is 378 g/mol. The Hall–Kier alpha value is -1.19. The third-order valence-electron chi connectivity index (χ3n) is 2.64. The summed E-state index contributed by atoms with van der Waals surface area (Å²) >= 11 is 2.70. The molecule has 1 amide bonds. The molecule has 124 valence electrons. The van der Waals surface area contributed by atoms with Crippen molar-refractivity contribution in [1.29, 1.82) is 0 Å². The van der Waals surface area contributed by atoms with Gasteiger partial charge in [0.25, 0.3) is 0 Å². The van der Waals surface area contributed by atoms with Crippen molar-refractivity contribution in [1.82, 2.24) is 4.98 Å². The zero-order valence-corrected chi connectivity index (χ0v) is 14.7. The summed E-state index contributed by atoms with van der Waals surface area (Å²) in [5.74, 6) is -1.33. The number of nitrogens with one attached hydrogen (secondary N) is 1. The molecule has 0 aliphatic rings. The Kier molecular flexibility index (Phi) is 5.99. The molecular weight excluding hydrogens is 365 g/mol. The summed E-state index contributed by atoms with van der Waals surface area (Å²) in [5, 5.41) is 4.46. The molecule has 1 heterocycles. The number of nitrogens with zero attached hydrogens (tertiary/aromatic N) is 1. The number of thioether (sulfide) groups is 1. The molecule has 0 spiro atoms. The molecular formula is C14H13F3N2OS3. The lowest BCUT2D eigenvalue weighted by molar-refractivity contribution is -0.114. The number of anilines is 1. The molecule has 0 bridgehead atoms. The molecule has 1 aromatic carbocycles. The minimum Gasteiger partial charge on any atom is -0.325 e. The number of amides is 1. The summed E-state index contributed by atoms with van der Waals surface area (Å²) in [6, 6.07) is 5.36. The molecule has 0 aliphatic heterocycles. The minimum absolute atomic E-state index is 0.349. The summed E-state index contributed by atoms with van der Waals surface area (Å²) in [6.45, 7) is 3.72. The van der Waals surface area contributed by atoms with E-state index in [9.17, 15) is 18.0 Å². The Balaban J connectivity index is 1.97. The summed E-state index contributed by atoms with van der Waals surface area (Å²) in [4.78, 5) is 16.9. The highest BCUT2D eigenvalue weighted by Gasteiger charge is 2.29. The van der Waals surface area contributed by atoms with Crippen LogP contribution in [-0.4, -0.2) is 22.2 Å². The van der Waals surface area contributed by atoms with E-state index >= 15 is 0 Å². The van der Waals surface area contributed by atoms with Crippen molar-refractivity contribution in [2.75, 3.05) is 11.1 Å². The van der Waals surface area contributed by atoms with Crippen molar-refractivity contribution in [3.8, 4) is 0 Å². The predicted octanol–water partition coefficient (Wildman–Crippen LogP) is 5.10. The van der Waals surface area contributed by atoms with Crippen molar-refractivity contribution in [2.45, 2.75) is 28.6 Å². The smallest absolute Gasteiger partial charge is 0.325 e. The van der Waals surface area contributed by atoms with Crippen molar-refractivity contribution in [3.63, 3.8) is 0 Å². The first-order chi connectivity index (χ1) is 10.7. The number of aromatic nitrogens is 1. The molecule has 1 aromatic heterocycles. The maximum atomic E-state index is 12.1. The van der Waals surface area contributed by atoms with Crippen LogP contribution < -0.4 is 5.32 Å². The molecule has 0 aliphatic carbocycles. The summed E-state index contributed by atoms with van der Waals surface area (Å²) in [6.07, 6.45) is 0. The predicted molar refractivity (Wildman–Crippen MR) is 89.3 cm³/mol. The fourth-order valence-electron chi connectivity index (χ4n) is 1.65. The molecule has 0 fully saturated rings. The normalized spacial score (nSPS) is 11.5. The van der Waals surface area contributed by atoms with Gasteiger partial charge in [0, 0.05) is 21.7 Å². The van der Waals surface area contributed by atoms with Crippen LogP contribution in [0.4, 0.5) is 18.9 Å². The summed E-state index contributed by atoms with van der Waals surface area (Å²) in [5.41, 5.74) is -2.15. The molecule has 0 atom stereocenters. The first-order valence-electron chi connectivity index (χ1n) is 6.44. The molecule has 2 rings (SSSR count). The van der Waals surface area contributed by atoms with Gasteiger partial charge in [0.2, 0.25) is 5.91 Å². The van der Waals surface area contributed by atoms with Crippen LogP contribution in [0.15, 0.2) is 32.8 Å². The number of halogens is 3. The fourth-order valence-corrected chi connectivity index (χ4v) is 3.93. The molecule has 3 nitrogen and oxygen atoms in total. The number of aryl methyl sites for hydroxylation is 2. The van der Waals surface area contributed by atoms with E-state index in [1.165, 1.54) is 11.8 Å². The topological polar surface area (TPSA) is 42.0 Å². The zero-order valence-electron chi connectivity index (χ0n) is 12.2. The second-order valence-electron chi connectivity index (χ2n) is 4.62. The molecule has 1 N–H and O–H groups in total. The van der Waals surface area contributed by atoms with Crippen molar-refractivity contribution in [3.05, 3.63) is 34.8 Å². The van der Waals surface area contributed by atoms with Gasteiger partial charge in [-0.2, -0.15) is 13.2 Å². The lowest BCUT2D eigenvalue weighted by Gasteiger charge is -2.10. The Morgan fingerprint density at radius 3 is 2.65 bits per heavy atom. The number of carbonyl (C=O) groups is 1. The van der Waals surface area contributed by atoms with Gasteiger partial charge in [0.05, 0.1) is 5.75 Å². The van der Waals surface area contributed by atoms with Gasteiger partial charge in [-0.05, 0) is 49.4 Å². The molecule has 0 unspecified atom stereocenters. The largest absolute Gasteiger partial charge is 0.442 e. The van der Waals surface area contributed by atoms with Crippen LogP contribution in [0.2, 0.25) is 0 Å². The average Bonchev–Trinajstić information content (AvgIpc) is 2.84. The van der Waals surface area contributed by atoms with Crippen molar-refractivity contribution in [2.24, 2.45) is 0 Å². The number of carbonyl (C=O) groups excluding carboxylic acids is 1. The van der Waals surface area contributed by atoms with Gasteiger partial charge >= 0.3 is 5.51 Å². The van der Waals surface area contributed by atoms with E-state index in [1.54, 1.807) is 30.4 Å². The van der Waals surface area contributed by atoms with Gasteiger partial charge in [-0.15, -0.1) is 11.3 Å². The van der Waals surface area contributed by atoms with E-state index < -0.39 is 17.2 Å². The van der Waals surface area contributed by atoms with Crippen LogP contribution in [0.3, 0.4) is 0 Å². The van der Waals surface area contributed by atoms with E-state index in [4.69, 9.17) is 0 Å². The van der Waals surface area contributed by atoms with Crippen LogP contribution in [-0.2, 0) is 4.79 Å². The Labute approximate surface area is 144 Å². The zero-order chi connectivity index (χ0) is 17.0. The quantitative estimate of drug-likeness (QED) is 0.786. The van der Waals surface area contributed by atoms with Crippen LogP contribution in [0.1, 0.15) is 11.3 Å². The number of hydrogen-bond donors (Lipinski definition) is 1. The second kappa shape index (κ2) is 7.59. The first kappa shape index (κ1) is 18.2. The van der Waals surface area contributed by atoms with Gasteiger partial charge in [-0.1, -0.05) is 11.8 Å². The van der Waals surface area contributed by atoms with Crippen LogP contribution >= 0.6 is 34.9 Å².